The summed E-state index contributed by atoms with van der Waals surface area (Å²) in [5.41, 5.74) is 6.08. The van der Waals surface area contributed by atoms with Crippen molar-refractivity contribution in [3.05, 3.63) is 0 Å². The van der Waals surface area contributed by atoms with Crippen molar-refractivity contribution in [1.29, 1.82) is 0 Å². The Morgan fingerprint density at radius 3 is 2.45 bits per heavy atom. The van der Waals surface area contributed by atoms with Gasteiger partial charge in [-0.25, -0.2) is 0 Å². The summed E-state index contributed by atoms with van der Waals surface area (Å²) in [7, 11) is 0. The smallest absolute Gasteiger partial charge is 0.225 e. The number of hydrogen-bond donors (Lipinski definition) is 2. The maximum absolute atomic E-state index is 12.7. The Hall–Kier alpha value is -0.610. The molecule has 0 aromatic rings. The van der Waals surface area contributed by atoms with Crippen LogP contribution in [0.4, 0.5) is 0 Å². The third kappa shape index (κ3) is 4.69. The van der Waals surface area contributed by atoms with Gasteiger partial charge in [0.2, 0.25) is 5.91 Å². The number of likely N-dealkylation sites (tertiary alicyclic amines) is 1. The predicted molar refractivity (Wildman–Crippen MR) is 89.3 cm³/mol. The lowest BCUT2D eigenvalue weighted by Gasteiger charge is -2.40. The third-order valence-corrected chi connectivity index (χ3v) is 5.39. The highest BCUT2D eigenvalue weighted by Gasteiger charge is 2.34. The summed E-state index contributed by atoms with van der Waals surface area (Å²) < 4.78 is 0. The molecule has 2 aliphatic rings. The van der Waals surface area contributed by atoms with Crippen LogP contribution in [0, 0.1) is 17.3 Å². The molecule has 3 N–H and O–H groups in total. The van der Waals surface area contributed by atoms with E-state index in [-0.39, 0.29) is 23.5 Å². The van der Waals surface area contributed by atoms with E-state index < -0.39 is 0 Å². The molecule has 1 heterocycles. The minimum atomic E-state index is -0.338. The second-order valence-corrected chi connectivity index (χ2v) is 8.56. The van der Waals surface area contributed by atoms with E-state index in [4.69, 9.17) is 5.73 Å². The lowest BCUT2D eigenvalue weighted by molar-refractivity contribution is -0.139. The minimum absolute atomic E-state index is 0.0541. The van der Waals surface area contributed by atoms with Crippen LogP contribution in [0.2, 0.25) is 0 Å². The first kappa shape index (κ1) is 17.7. The van der Waals surface area contributed by atoms with Crippen molar-refractivity contribution >= 4 is 5.91 Å². The number of carbonyl (C=O) groups is 1. The lowest BCUT2D eigenvalue weighted by Crippen LogP contribution is -2.52. The van der Waals surface area contributed by atoms with Gasteiger partial charge in [0.05, 0.1) is 6.10 Å². The molecule has 128 valence electrons. The Kier molecular flexibility index (Phi) is 5.89. The molecule has 0 aromatic carbocycles. The highest BCUT2D eigenvalue weighted by molar-refractivity contribution is 5.79. The topological polar surface area (TPSA) is 66.6 Å². The van der Waals surface area contributed by atoms with Gasteiger partial charge in [-0.1, -0.05) is 40.0 Å². The second-order valence-electron chi connectivity index (χ2n) is 8.56. The minimum Gasteiger partial charge on any atom is -0.393 e. The van der Waals surface area contributed by atoms with Crippen LogP contribution in [0.25, 0.3) is 0 Å². The average molecular weight is 310 g/mol. The highest BCUT2D eigenvalue weighted by Crippen LogP contribution is 2.31. The first-order chi connectivity index (χ1) is 10.3. The molecule has 0 aromatic heterocycles. The van der Waals surface area contributed by atoms with Gasteiger partial charge in [0.25, 0.3) is 0 Å². The van der Waals surface area contributed by atoms with Crippen molar-refractivity contribution in [3.8, 4) is 0 Å². The van der Waals surface area contributed by atoms with Crippen LogP contribution in [-0.4, -0.2) is 41.1 Å². The van der Waals surface area contributed by atoms with Crippen LogP contribution in [-0.2, 0) is 4.79 Å². The van der Waals surface area contributed by atoms with E-state index in [0.717, 1.165) is 32.2 Å². The Labute approximate surface area is 135 Å². The zero-order valence-corrected chi connectivity index (χ0v) is 14.6. The zero-order valence-electron chi connectivity index (χ0n) is 14.6. The summed E-state index contributed by atoms with van der Waals surface area (Å²) in [5, 5.41) is 10.4. The number of hydrogen-bond acceptors (Lipinski definition) is 3. The molecule has 0 spiro atoms. The van der Waals surface area contributed by atoms with Crippen molar-refractivity contribution in [2.75, 3.05) is 13.1 Å². The summed E-state index contributed by atoms with van der Waals surface area (Å²) >= 11 is 0. The van der Waals surface area contributed by atoms with Gasteiger partial charge in [0.15, 0.2) is 0 Å². The number of aliphatic hydroxyl groups excluding tert-OH is 1. The van der Waals surface area contributed by atoms with Crippen LogP contribution in [0.5, 0.6) is 0 Å². The monoisotopic (exact) mass is 310 g/mol. The number of piperidine rings is 1. The molecule has 2 fully saturated rings. The van der Waals surface area contributed by atoms with Crippen molar-refractivity contribution < 1.29 is 9.90 Å². The molecular weight excluding hydrogens is 276 g/mol. The highest BCUT2D eigenvalue weighted by atomic mass is 16.3. The van der Waals surface area contributed by atoms with Gasteiger partial charge in [0.1, 0.15) is 0 Å². The maximum atomic E-state index is 12.7. The number of amides is 1. The van der Waals surface area contributed by atoms with E-state index in [1.54, 1.807) is 0 Å². The van der Waals surface area contributed by atoms with Gasteiger partial charge >= 0.3 is 0 Å². The van der Waals surface area contributed by atoms with E-state index in [9.17, 15) is 9.90 Å². The van der Waals surface area contributed by atoms with Gasteiger partial charge in [-0.2, -0.15) is 0 Å². The molecule has 0 bridgehead atoms. The molecule has 1 aliphatic heterocycles. The van der Waals surface area contributed by atoms with Crippen molar-refractivity contribution in [3.63, 3.8) is 0 Å². The zero-order chi connectivity index (χ0) is 16.3. The van der Waals surface area contributed by atoms with Gasteiger partial charge in [-0.05, 0) is 37.0 Å². The van der Waals surface area contributed by atoms with Gasteiger partial charge in [-0.3, -0.25) is 4.79 Å². The normalized spacial score (nSPS) is 29.4. The number of nitrogens with two attached hydrogens (primary N) is 1. The number of carbonyl (C=O) groups excluding carboxylic acids is 1. The summed E-state index contributed by atoms with van der Waals surface area (Å²) in [4.78, 5) is 14.7. The van der Waals surface area contributed by atoms with Crippen LogP contribution < -0.4 is 5.73 Å². The molecule has 1 aliphatic carbocycles. The number of rotatable bonds is 3. The van der Waals surface area contributed by atoms with Crippen molar-refractivity contribution in [1.82, 2.24) is 4.90 Å². The molecule has 1 saturated heterocycles. The fourth-order valence-corrected chi connectivity index (χ4v) is 3.87. The fraction of sp³-hybridized carbons (Fsp3) is 0.944. The average Bonchev–Trinajstić information content (AvgIpc) is 2.45. The molecule has 1 saturated carbocycles. The third-order valence-electron chi connectivity index (χ3n) is 5.39. The largest absolute Gasteiger partial charge is 0.393 e. The van der Waals surface area contributed by atoms with E-state index in [1.165, 1.54) is 19.3 Å². The fourth-order valence-electron chi connectivity index (χ4n) is 3.87. The first-order valence-electron chi connectivity index (χ1n) is 9.00. The summed E-state index contributed by atoms with van der Waals surface area (Å²) in [5.74, 6) is 0.850. The molecule has 3 unspecified atom stereocenters. The Bertz CT molecular complexity index is 372. The molecule has 3 atom stereocenters. The molecule has 22 heavy (non-hydrogen) atoms. The number of aliphatic hydroxyl groups is 1. The molecule has 4 heteroatoms. The van der Waals surface area contributed by atoms with Crippen LogP contribution in [0.3, 0.4) is 0 Å². The molecule has 1 amide bonds. The lowest BCUT2D eigenvalue weighted by atomic mass is 9.80. The number of nitrogens with zero attached hydrogens (tertiary/aromatic N) is 1. The van der Waals surface area contributed by atoms with Gasteiger partial charge in [-0.15, -0.1) is 0 Å². The second kappa shape index (κ2) is 7.31. The maximum Gasteiger partial charge on any atom is 0.225 e. The summed E-state index contributed by atoms with van der Waals surface area (Å²) in [6.45, 7) is 7.65. The SMILES string of the molecule is CC(C)(C)C(O)CC1CC(N)CN(C(=O)C2CCCCC2)C1. The van der Waals surface area contributed by atoms with E-state index >= 15 is 0 Å². The standard InChI is InChI=1S/C18H34N2O2/c1-18(2,3)16(21)10-13-9-15(19)12-20(11-13)17(22)14-7-5-4-6-8-14/h13-16,21H,4-12,19H2,1-3H3. The Morgan fingerprint density at radius 2 is 1.86 bits per heavy atom. The van der Waals surface area contributed by atoms with E-state index in [2.05, 4.69) is 20.8 Å². The van der Waals surface area contributed by atoms with E-state index in [0.29, 0.717) is 18.4 Å². The molecule has 4 nitrogen and oxygen atoms in total. The van der Waals surface area contributed by atoms with Crippen molar-refractivity contribution in [2.45, 2.75) is 77.9 Å². The summed E-state index contributed by atoms with van der Waals surface area (Å²) in [6.07, 6.45) is 7.04. The molecule has 2 rings (SSSR count). The quantitative estimate of drug-likeness (QED) is 0.842. The first-order valence-corrected chi connectivity index (χ1v) is 9.00. The predicted octanol–water partition coefficient (Wildman–Crippen LogP) is 2.54. The van der Waals surface area contributed by atoms with Gasteiger partial charge < -0.3 is 15.7 Å². The van der Waals surface area contributed by atoms with Gasteiger partial charge in [0, 0.05) is 25.0 Å². The van der Waals surface area contributed by atoms with Crippen molar-refractivity contribution in [2.24, 2.45) is 23.0 Å². The molecular formula is C18H34N2O2. The Morgan fingerprint density at radius 1 is 1.23 bits per heavy atom. The van der Waals surface area contributed by atoms with Crippen LogP contribution in [0.15, 0.2) is 0 Å². The summed E-state index contributed by atoms with van der Waals surface area (Å²) in [6, 6.07) is 0.0541. The van der Waals surface area contributed by atoms with Crippen LogP contribution >= 0.6 is 0 Å². The van der Waals surface area contributed by atoms with Crippen LogP contribution in [0.1, 0.15) is 65.7 Å². The Balaban J connectivity index is 1.93. The molecule has 0 radical (unpaired) electrons. The van der Waals surface area contributed by atoms with E-state index in [1.807, 2.05) is 4.90 Å².